The largest absolute Gasteiger partial charge is 0.486 e. The maximum absolute atomic E-state index is 12.9. The van der Waals surface area contributed by atoms with Gasteiger partial charge in [-0.05, 0) is 48.0 Å². The van der Waals surface area contributed by atoms with E-state index in [-0.39, 0.29) is 17.9 Å². The summed E-state index contributed by atoms with van der Waals surface area (Å²) >= 11 is 5.55. The zero-order valence-corrected chi connectivity index (χ0v) is 17.0. The smallest absolute Gasteiger partial charge is 0.417 e. The number of halogens is 4. The molecular formula is C22H16ClF3N2O4. The molecule has 10 heteroatoms. The molecule has 0 saturated heterocycles. The fourth-order valence-electron chi connectivity index (χ4n) is 2.51. The van der Waals surface area contributed by atoms with Crippen molar-refractivity contribution in [1.82, 2.24) is 10.9 Å². The number of hydrogen-bond acceptors (Lipinski definition) is 4. The molecular weight excluding hydrogens is 449 g/mol. The number of furan rings is 1. The molecule has 0 aliphatic rings. The number of hydrazine groups is 1. The average Bonchev–Trinajstić information content (AvgIpc) is 3.24. The molecule has 2 amide bonds. The van der Waals surface area contributed by atoms with Crippen LogP contribution < -0.4 is 15.6 Å². The molecule has 1 aromatic heterocycles. The van der Waals surface area contributed by atoms with E-state index in [1.54, 1.807) is 18.2 Å². The highest BCUT2D eigenvalue weighted by Gasteiger charge is 2.33. The number of rotatable bonds is 6. The maximum atomic E-state index is 12.9. The van der Waals surface area contributed by atoms with Crippen molar-refractivity contribution in [3.05, 3.63) is 94.4 Å². The van der Waals surface area contributed by atoms with E-state index in [0.717, 1.165) is 24.3 Å². The van der Waals surface area contributed by atoms with Crippen LogP contribution in [-0.4, -0.2) is 11.8 Å². The van der Waals surface area contributed by atoms with Gasteiger partial charge in [-0.25, -0.2) is 0 Å². The lowest BCUT2D eigenvalue weighted by molar-refractivity contribution is -0.137. The average molecular weight is 465 g/mol. The Morgan fingerprint density at radius 2 is 1.78 bits per heavy atom. The Labute approximate surface area is 185 Å². The van der Waals surface area contributed by atoms with Gasteiger partial charge in [0.1, 0.15) is 18.1 Å². The van der Waals surface area contributed by atoms with Crippen LogP contribution in [0.25, 0.3) is 6.08 Å². The van der Waals surface area contributed by atoms with Crippen molar-refractivity contribution in [2.24, 2.45) is 0 Å². The van der Waals surface area contributed by atoms with E-state index in [4.69, 9.17) is 20.8 Å². The molecule has 0 aliphatic carbocycles. The van der Waals surface area contributed by atoms with E-state index in [1.165, 1.54) is 12.1 Å². The SMILES string of the molecule is O=C(/C=C/c1ccc(Cl)c(C(F)(F)F)c1)NNC(=O)c1ccc(COc2ccccc2)o1. The Morgan fingerprint density at radius 3 is 2.50 bits per heavy atom. The summed E-state index contributed by atoms with van der Waals surface area (Å²) in [6.45, 7) is 0.105. The summed E-state index contributed by atoms with van der Waals surface area (Å²) < 4.78 is 49.5. The molecule has 0 spiro atoms. The van der Waals surface area contributed by atoms with Crippen LogP contribution in [-0.2, 0) is 17.6 Å². The van der Waals surface area contributed by atoms with Crippen molar-refractivity contribution in [3.8, 4) is 5.75 Å². The number of carbonyl (C=O) groups is 2. The van der Waals surface area contributed by atoms with Gasteiger partial charge in [0.2, 0.25) is 0 Å². The minimum absolute atomic E-state index is 0.0616. The van der Waals surface area contributed by atoms with Gasteiger partial charge in [-0.3, -0.25) is 20.4 Å². The molecule has 0 unspecified atom stereocenters. The van der Waals surface area contributed by atoms with Crippen molar-refractivity contribution in [2.45, 2.75) is 12.8 Å². The van der Waals surface area contributed by atoms with Crippen molar-refractivity contribution >= 4 is 29.5 Å². The van der Waals surface area contributed by atoms with Gasteiger partial charge in [-0.2, -0.15) is 13.2 Å². The molecule has 0 saturated carbocycles. The van der Waals surface area contributed by atoms with Gasteiger partial charge >= 0.3 is 12.1 Å². The normalized spacial score (nSPS) is 11.4. The number of amides is 2. The minimum Gasteiger partial charge on any atom is -0.486 e. The third-order valence-electron chi connectivity index (χ3n) is 4.03. The summed E-state index contributed by atoms with van der Waals surface area (Å²) in [7, 11) is 0. The summed E-state index contributed by atoms with van der Waals surface area (Å²) in [6, 6.07) is 15.2. The Hall–Kier alpha value is -3.72. The van der Waals surface area contributed by atoms with Crippen LogP contribution in [0.5, 0.6) is 5.75 Å². The van der Waals surface area contributed by atoms with E-state index in [1.807, 2.05) is 18.2 Å². The van der Waals surface area contributed by atoms with Gasteiger partial charge in [0.15, 0.2) is 5.76 Å². The highest BCUT2D eigenvalue weighted by Crippen LogP contribution is 2.35. The third-order valence-corrected chi connectivity index (χ3v) is 4.36. The third kappa shape index (κ3) is 6.39. The molecule has 1 heterocycles. The van der Waals surface area contributed by atoms with E-state index < -0.39 is 28.6 Å². The molecule has 3 rings (SSSR count). The second-order valence-corrected chi connectivity index (χ2v) is 6.79. The van der Waals surface area contributed by atoms with Crippen LogP contribution >= 0.6 is 11.6 Å². The van der Waals surface area contributed by atoms with Crippen molar-refractivity contribution < 1.29 is 31.9 Å². The van der Waals surface area contributed by atoms with E-state index in [9.17, 15) is 22.8 Å². The first-order valence-corrected chi connectivity index (χ1v) is 9.52. The summed E-state index contributed by atoms with van der Waals surface area (Å²) in [5, 5.41) is -0.446. The van der Waals surface area contributed by atoms with Gasteiger partial charge in [0.25, 0.3) is 5.91 Å². The first-order valence-electron chi connectivity index (χ1n) is 9.14. The van der Waals surface area contributed by atoms with Crippen molar-refractivity contribution in [3.63, 3.8) is 0 Å². The van der Waals surface area contributed by atoms with Crippen LogP contribution in [0.2, 0.25) is 5.02 Å². The van der Waals surface area contributed by atoms with Crippen LogP contribution in [0.3, 0.4) is 0 Å². The first-order chi connectivity index (χ1) is 15.2. The molecule has 0 bridgehead atoms. The van der Waals surface area contributed by atoms with Gasteiger partial charge in [-0.1, -0.05) is 35.9 Å². The Morgan fingerprint density at radius 1 is 1.03 bits per heavy atom. The number of hydrogen-bond donors (Lipinski definition) is 2. The highest BCUT2D eigenvalue weighted by molar-refractivity contribution is 6.31. The number of para-hydroxylation sites is 1. The molecule has 166 valence electrons. The molecule has 3 aromatic rings. The van der Waals surface area contributed by atoms with Crippen molar-refractivity contribution in [1.29, 1.82) is 0 Å². The summed E-state index contributed by atoms with van der Waals surface area (Å²) in [5.41, 5.74) is 3.35. The molecule has 0 atom stereocenters. The second-order valence-electron chi connectivity index (χ2n) is 6.38. The topological polar surface area (TPSA) is 80.6 Å². The predicted molar refractivity (Wildman–Crippen MR) is 111 cm³/mol. The fraction of sp³-hybridized carbons (Fsp3) is 0.0909. The molecule has 0 radical (unpaired) electrons. The van der Waals surface area contributed by atoms with E-state index in [2.05, 4.69) is 10.9 Å². The van der Waals surface area contributed by atoms with Gasteiger partial charge in [0, 0.05) is 6.08 Å². The zero-order chi connectivity index (χ0) is 23.1. The highest BCUT2D eigenvalue weighted by atomic mass is 35.5. The molecule has 2 N–H and O–H groups in total. The van der Waals surface area contributed by atoms with Crippen LogP contribution in [0.4, 0.5) is 13.2 Å². The van der Waals surface area contributed by atoms with Gasteiger partial charge in [0.05, 0.1) is 10.6 Å². The molecule has 2 aromatic carbocycles. The van der Waals surface area contributed by atoms with E-state index >= 15 is 0 Å². The second kappa shape index (κ2) is 10.1. The monoisotopic (exact) mass is 464 g/mol. The number of benzene rings is 2. The first kappa shape index (κ1) is 23.0. The Balaban J connectivity index is 1.51. The number of ether oxygens (including phenoxy) is 1. The Bertz CT molecular complexity index is 1130. The molecule has 6 nitrogen and oxygen atoms in total. The van der Waals surface area contributed by atoms with E-state index in [0.29, 0.717) is 11.5 Å². The Kier molecular flexibility index (Phi) is 7.21. The van der Waals surface area contributed by atoms with Gasteiger partial charge in [-0.15, -0.1) is 0 Å². The van der Waals surface area contributed by atoms with Crippen LogP contribution in [0.15, 0.2) is 71.2 Å². The molecule has 0 fully saturated rings. The molecule has 0 aliphatic heterocycles. The standard InChI is InChI=1S/C22H16ClF3N2O4/c23-18-9-6-14(12-17(18)22(24,25)26)7-11-20(29)27-28-21(30)19-10-8-16(32-19)13-31-15-4-2-1-3-5-15/h1-12H,13H2,(H,27,29)(H,28,30)/b11-7+. The summed E-state index contributed by atoms with van der Waals surface area (Å²) in [5.74, 6) is -0.511. The quantitative estimate of drug-likeness (QED) is 0.397. The molecule has 32 heavy (non-hydrogen) atoms. The number of nitrogens with one attached hydrogen (secondary N) is 2. The fourth-order valence-corrected chi connectivity index (χ4v) is 2.73. The predicted octanol–water partition coefficient (Wildman–Crippen LogP) is 5.01. The minimum atomic E-state index is -4.62. The lowest BCUT2D eigenvalue weighted by Gasteiger charge is -2.09. The maximum Gasteiger partial charge on any atom is 0.417 e. The van der Waals surface area contributed by atoms with Crippen LogP contribution in [0.1, 0.15) is 27.4 Å². The summed E-state index contributed by atoms with van der Waals surface area (Å²) in [4.78, 5) is 23.9. The van der Waals surface area contributed by atoms with Crippen molar-refractivity contribution in [2.75, 3.05) is 0 Å². The number of alkyl halides is 3. The number of carbonyl (C=O) groups excluding carboxylic acids is 2. The lowest BCUT2D eigenvalue weighted by atomic mass is 10.1. The van der Waals surface area contributed by atoms with Gasteiger partial charge < -0.3 is 9.15 Å². The zero-order valence-electron chi connectivity index (χ0n) is 16.3. The summed E-state index contributed by atoms with van der Waals surface area (Å²) in [6.07, 6.45) is -2.50. The lowest BCUT2D eigenvalue weighted by Crippen LogP contribution is -2.40. The van der Waals surface area contributed by atoms with Crippen LogP contribution in [0, 0.1) is 0 Å².